The molecule has 13 heavy (non-hydrogen) atoms. The van der Waals surface area contributed by atoms with E-state index in [1.165, 1.54) is 6.92 Å². The van der Waals surface area contributed by atoms with E-state index in [1.54, 1.807) is 0 Å². The Hall–Kier alpha value is -0.240. The Kier molecular flexibility index (Phi) is 5.38. The molecule has 0 N–H and O–H groups in total. The van der Waals surface area contributed by atoms with Gasteiger partial charge in [-0.2, -0.15) is 0 Å². The van der Waals surface area contributed by atoms with E-state index in [1.807, 2.05) is 20.8 Å². The highest BCUT2D eigenvalue weighted by molar-refractivity contribution is 6.23. The number of esters is 1. The molecule has 0 heterocycles. The van der Waals surface area contributed by atoms with E-state index in [2.05, 4.69) is 0 Å². The van der Waals surface area contributed by atoms with Gasteiger partial charge in [0.15, 0.2) is 0 Å². The fraction of sp³-hybridized carbons (Fsp3) is 0.900. The minimum atomic E-state index is -0.211. The number of carbonyl (C=O) groups excluding carboxylic acids is 1. The summed E-state index contributed by atoms with van der Waals surface area (Å²) in [6.45, 7) is 7.32. The number of hydrogen-bond donors (Lipinski definition) is 0. The Bertz CT molecular complexity index is 161. The van der Waals surface area contributed by atoms with Crippen LogP contribution in [0, 0.1) is 0 Å². The van der Waals surface area contributed by atoms with E-state index >= 15 is 0 Å². The lowest BCUT2D eigenvalue weighted by Crippen LogP contribution is -2.15. The maximum absolute atomic E-state index is 10.6. The van der Waals surface area contributed by atoms with Crippen LogP contribution in [0.2, 0.25) is 0 Å². The van der Waals surface area contributed by atoms with Crippen molar-refractivity contribution in [1.29, 1.82) is 0 Å². The first-order valence-electron chi connectivity index (χ1n) is 4.67. The summed E-state index contributed by atoms with van der Waals surface area (Å²) in [4.78, 5) is 10.4. The lowest BCUT2D eigenvalue weighted by molar-refractivity contribution is -0.145. The van der Waals surface area contributed by atoms with Crippen molar-refractivity contribution in [3.8, 4) is 0 Å². The van der Waals surface area contributed by atoms with Crippen molar-refractivity contribution >= 4 is 17.6 Å². The molecular weight excluding hydrogens is 188 g/mol. The third kappa shape index (κ3) is 9.68. The van der Waals surface area contributed by atoms with Crippen LogP contribution in [0.5, 0.6) is 0 Å². The molecule has 3 heteroatoms. The van der Waals surface area contributed by atoms with Crippen LogP contribution in [0.25, 0.3) is 0 Å². The summed E-state index contributed by atoms with van der Waals surface area (Å²) < 4.78 is 4.98. The number of carbonyl (C=O) groups is 1. The molecule has 0 rings (SSSR count). The quantitative estimate of drug-likeness (QED) is 0.510. The monoisotopic (exact) mass is 206 g/mol. The molecule has 78 valence electrons. The summed E-state index contributed by atoms with van der Waals surface area (Å²) in [5, 5.41) is 0. The molecule has 0 aromatic heterocycles. The Morgan fingerprint density at radius 1 is 1.54 bits per heavy atom. The Balaban J connectivity index is 3.48. The normalized spacial score (nSPS) is 13.9. The molecule has 1 atom stereocenters. The van der Waals surface area contributed by atoms with Gasteiger partial charge in [0.25, 0.3) is 0 Å². The summed E-state index contributed by atoms with van der Waals surface area (Å²) in [5.41, 5.74) is 0. The Morgan fingerprint density at radius 3 is 2.46 bits per heavy atom. The zero-order valence-corrected chi connectivity index (χ0v) is 9.65. The van der Waals surface area contributed by atoms with E-state index in [-0.39, 0.29) is 16.9 Å². The largest absolute Gasteiger partial charge is 0.463 e. The van der Waals surface area contributed by atoms with Crippen molar-refractivity contribution in [1.82, 2.24) is 0 Å². The topological polar surface area (TPSA) is 26.3 Å². The molecule has 1 unspecified atom stereocenters. The van der Waals surface area contributed by atoms with Gasteiger partial charge in [-0.25, -0.2) is 0 Å². The van der Waals surface area contributed by atoms with Gasteiger partial charge in [0.2, 0.25) is 0 Å². The minimum absolute atomic E-state index is 0.0107. The molecule has 0 radical (unpaired) electrons. The van der Waals surface area contributed by atoms with E-state index in [4.69, 9.17) is 16.3 Å². The van der Waals surface area contributed by atoms with Gasteiger partial charge in [-0.05, 0) is 40.0 Å². The van der Waals surface area contributed by atoms with Crippen molar-refractivity contribution < 1.29 is 9.53 Å². The highest BCUT2D eigenvalue weighted by Gasteiger charge is 2.13. The van der Waals surface area contributed by atoms with Crippen LogP contribution in [0.3, 0.4) is 0 Å². The van der Waals surface area contributed by atoms with Gasteiger partial charge in [-0.1, -0.05) is 0 Å². The van der Waals surface area contributed by atoms with Crippen LogP contribution < -0.4 is 0 Å². The van der Waals surface area contributed by atoms with Crippen molar-refractivity contribution in [3.63, 3.8) is 0 Å². The SMILES string of the molecule is CC(=O)OC(C)CCCC(C)(C)Cl. The standard InChI is InChI=1S/C10H19ClO2/c1-8(13-9(2)12)6-5-7-10(3,4)11/h8H,5-7H2,1-4H3. The predicted octanol–water partition coefficient (Wildman–Crippen LogP) is 3.13. The first kappa shape index (κ1) is 12.8. The third-order valence-corrected chi connectivity index (χ3v) is 1.94. The second kappa shape index (κ2) is 5.48. The van der Waals surface area contributed by atoms with Gasteiger partial charge in [0.05, 0.1) is 6.10 Å². The molecule has 0 aliphatic carbocycles. The fourth-order valence-electron chi connectivity index (χ4n) is 1.15. The lowest BCUT2D eigenvalue weighted by Gasteiger charge is -2.17. The highest BCUT2D eigenvalue weighted by Crippen LogP contribution is 2.21. The van der Waals surface area contributed by atoms with Crippen molar-refractivity contribution in [3.05, 3.63) is 0 Å². The summed E-state index contributed by atoms with van der Waals surface area (Å²) in [7, 11) is 0. The summed E-state index contributed by atoms with van der Waals surface area (Å²) in [5.74, 6) is -0.211. The molecule has 0 amide bonds. The van der Waals surface area contributed by atoms with Crippen LogP contribution in [0.4, 0.5) is 0 Å². The molecule has 0 fully saturated rings. The Labute approximate surface area is 85.6 Å². The maximum atomic E-state index is 10.6. The number of alkyl halides is 1. The summed E-state index contributed by atoms with van der Waals surface area (Å²) >= 11 is 6.01. The number of hydrogen-bond acceptors (Lipinski definition) is 2. The van der Waals surface area contributed by atoms with Crippen LogP contribution in [-0.4, -0.2) is 16.9 Å². The van der Waals surface area contributed by atoms with Crippen LogP contribution in [0.1, 0.15) is 47.0 Å². The first-order chi connectivity index (χ1) is 5.81. The second-order valence-corrected chi connectivity index (χ2v) is 5.05. The third-order valence-electron chi connectivity index (χ3n) is 1.75. The Morgan fingerprint density at radius 2 is 2.08 bits per heavy atom. The molecule has 0 saturated heterocycles. The number of rotatable bonds is 5. The lowest BCUT2D eigenvalue weighted by atomic mass is 10.0. The molecule has 0 bridgehead atoms. The first-order valence-corrected chi connectivity index (χ1v) is 5.05. The summed E-state index contributed by atoms with van der Waals surface area (Å²) in [6.07, 6.45) is 2.83. The van der Waals surface area contributed by atoms with Gasteiger partial charge in [-0.3, -0.25) is 4.79 Å². The average Bonchev–Trinajstić information content (AvgIpc) is 1.81. The average molecular weight is 207 g/mol. The molecule has 0 aliphatic heterocycles. The van der Waals surface area contributed by atoms with Gasteiger partial charge >= 0.3 is 5.97 Å². The fourth-order valence-corrected chi connectivity index (χ4v) is 1.29. The van der Waals surface area contributed by atoms with Crippen molar-refractivity contribution in [2.75, 3.05) is 0 Å². The second-order valence-electron chi connectivity index (χ2n) is 4.03. The van der Waals surface area contributed by atoms with Gasteiger partial charge in [-0.15, -0.1) is 11.6 Å². The van der Waals surface area contributed by atoms with E-state index in [0.29, 0.717) is 0 Å². The van der Waals surface area contributed by atoms with E-state index in [9.17, 15) is 4.79 Å². The highest BCUT2D eigenvalue weighted by atomic mass is 35.5. The van der Waals surface area contributed by atoms with Gasteiger partial charge < -0.3 is 4.74 Å². The molecule has 0 aromatic rings. The van der Waals surface area contributed by atoms with Crippen molar-refractivity contribution in [2.24, 2.45) is 0 Å². The molecule has 0 aromatic carbocycles. The van der Waals surface area contributed by atoms with Crippen LogP contribution in [-0.2, 0) is 9.53 Å². The van der Waals surface area contributed by atoms with Gasteiger partial charge in [0, 0.05) is 11.8 Å². The molecular formula is C10H19ClO2. The zero-order valence-electron chi connectivity index (χ0n) is 8.89. The number of halogens is 1. The zero-order chi connectivity index (χ0) is 10.5. The molecule has 2 nitrogen and oxygen atoms in total. The minimum Gasteiger partial charge on any atom is -0.463 e. The predicted molar refractivity (Wildman–Crippen MR) is 55.0 cm³/mol. The molecule has 0 aliphatic rings. The van der Waals surface area contributed by atoms with E-state index < -0.39 is 0 Å². The number of ether oxygens (including phenoxy) is 1. The molecule has 0 saturated carbocycles. The smallest absolute Gasteiger partial charge is 0.302 e. The summed E-state index contributed by atoms with van der Waals surface area (Å²) in [6, 6.07) is 0. The maximum Gasteiger partial charge on any atom is 0.302 e. The van der Waals surface area contributed by atoms with Crippen LogP contribution >= 0.6 is 11.6 Å². The van der Waals surface area contributed by atoms with Crippen LogP contribution in [0.15, 0.2) is 0 Å². The van der Waals surface area contributed by atoms with Crippen molar-refractivity contribution in [2.45, 2.75) is 57.9 Å². The molecule has 0 spiro atoms. The van der Waals surface area contributed by atoms with Gasteiger partial charge in [0.1, 0.15) is 0 Å². The van der Waals surface area contributed by atoms with E-state index in [0.717, 1.165) is 19.3 Å².